The highest BCUT2D eigenvalue weighted by atomic mass is 19.4. The van der Waals surface area contributed by atoms with Crippen molar-refractivity contribution < 1.29 is 13.2 Å². The molecule has 4 nitrogen and oxygen atoms in total. The Labute approximate surface area is 109 Å². The smallest absolute Gasteiger partial charge is 0.354 e. The predicted octanol–water partition coefficient (Wildman–Crippen LogP) is 2.76. The molecule has 7 heteroatoms. The van der Waals surface area contributed by atoms with E-state index in [4.69, 9.17) is 5.84 Å². The van der Waals surface area contributed by atoms with Crippen LogP contribution in [0.4, 0.5) is 24.8 Å². The van der Waals surface area contributed by atoms with Crippen molar-refractivity contribution in [1.82, 2.24) is 4.98 Å². The van der Waals surface area contributed by atoms with Crippen molar-refractivity contribution in [2.24, 2.45) is 5.84 Å². The van der Waals surface area contributed by atoms with Crippen LogP contribution < -0.4 is 16.2 Å². The standard InChI is InChI=1S/C12H17F3N4/c1-2-9-4-3-5-19(9)11-7-8(12(13,14)15)6-10(17-11)18-16/h6-7,9H,2-5,16H2,1H3,(H,17,18). The van der Waals surface area contributed by atoms with Crippen LogP contribution in [0.3, 0.4) is 0 Å². The van der Waals surface area contributed by atoms with Crippen LogP contribution >= 0.6 is 0 Å². The number of hydrogen-bond donors (Lipinski definition) is 2. The maximum Gasteiger partial charge on any atom is 0.416 e. The van der Waals surface area contributed by atoms with Crippen molar-refractivity contribution in [1.29, 1.82) is 0 Å². The molecule has 1 atom stereocenters. The number of rotatable bonds is 3. The third-order valence-electron chi connectivity index (χ3n) is 3.43. The van der Waals surface area contributed by atoms with Gasteiger partial charge in [0.25, 0.3) is 0 Å². The molecule has 0 radical (unpaired) electrons. The lowest BCUT2D eigenvalue weighted by atomic mass is 10.1. The first-order valence-electron chi connectivity index (χ1n) is 6.28. The third kappa shape index (κ3) is 2.91. The van der Waals surface area contributed by atoms with Crippen molar-refractivity contribution in [2.45, 2.75) is 38.4 Å². The second-order valence-corrected chi connectivity index (χ2v) is 4.64. The highest BCUT2D eigenvalue weighted by molar-refractivity contribution is 5.52. The number of anilines is 2. The van der Waals surface area contributed by atoms with E-state index in [-0.39, 0.29) is 11.9 Å². The SMILES string of the molecule is CCC1CCCN1c1cc(C(F)(F)F)cc(NN)n1. The highest BCUT2D eigenvalue weighted by Gasteiger charge is 2.33. The summed E-state index contributed by atoms with van der Waals surface area (Å²) < 4.78 is 38.5. The zero-order chi connectivity index (χ0) is 14.0. The van der Waals surface area contributed by atoms with E-state index >= 15 is 0 Å². The van der Waals surface area contributed by atoms with E-state index < -0.39 is 11.7 Å². The van der Waals surface area contributed by atoms with Crippen LogP contribution in [-0.2, 0) is 6.18 Å². The molecule has 1 aromatic heterocycles. The summed E-state index contributed by atoms with van der Waals surface area (Å²) in [5.41, 5.74) is 1.47. The van der Waals surface area contributed by atoms with Crippen molar-refractivity contribution in [3.8, 4) is 0 Å². The molecule has 0 saturated carbocycles. The van der Waals surface area contributed by atoms with Gasteiger partial charge >= 0.3 is 6.18 Å². The van der Waals surface area contributed by atoms with E-state index in [1.165, 1.54) is 0 Å². The van der Waals surface area contributed by atoms with Gasteiger partial charge in [0.1, 0.15) is 11.6 Å². The second-order valence-electron chi connectivity index (χ2n) is 4.64. The Morgan fingerprint density at radius 2 is 2.21 bits per heavy atom. The Bertz CT molecular complexity index is 447. The molecule has 2 rings (SSSR count). The number of pyridine rings is 1. The lowest BCUT2D eigenvalue weighted by Crippen LogP contribution is -2.30. The number of alkyl halides is 3. The molecule has 0 spiro atoms. The molecule has 0 aromatic carbocycles. The fourth-order valence-electron chi connectivity index (χ4n) is 2.46. The summed E-state index contributed by atoms with van der Waals surface area (Å²) in [4.78, 5) is 6.06. The van der Waals surface area contributed by atoms with Crippen LogP contribution in [0.2, 0.25) is 0 Å². The van der Waals surface area contributed by atoms with Crippen LogP contribution in [0, 0.1) is 0 Å². The van der Waals surface area contributed by atoms with E-state index in [2.05, 4.69) is 10.4 Å². The number of hydrogen-bond acceptors (Lipinski definition) is 4. The zero-order valence-corrected chi connectivity index (χ0v) is 10.7. The zero-order valence-electron chi connectivity index (χ0n) is 10.7. The first-order chi connectivity index (χ1) is 8.95. The maximum atomic E-state index is 12.8. The van der Waals surface area contributed by atoms with Gasteiger partial charge in [-0.1, -0.05) is 6.92 Å². The summed E-state index contributed by atoms with van der Waals surface area (Å²) in [6.45, 7) is 2.76. The Kier molecular flexibility index (Phi) is 3.84. The lowest BCUT2D eigenvalue weighted by Gasteiger charge is -2.26. The van der Waals surface area contributed by atoms with Crippen molar-refractivity contribution in [2.75, 3.05) is 16.9 Å². The first kappa shape index (κ1) is 13.9. The molecule has 0 aliphatic carbocycles. The number of aromatic nitrogens is 1. The number of nitrogens with one attached hydrogen (secondary N) is 1. The minimum absolute atomic E-state index is 0.0339. The quantitative estimate of drug-likeness (QED) is 0.657. The number of hydrazine groups is 1. The van der Waals surface area contributed by atoms with E-state index in [0.29, 0.717) is 5.82 Å². The first-order valence-corrected chi connectivity index (χ1v) is 6.28. The molecule has 1 aromatic rings. The molecule has 1 aliphatic rings. The summed E-state index contributed by atoms with van der Waals surface area (Å²) in [6.07, 6.45) is -1.55. The van der Waals surface area contributed by atoms with Crippen molar-refractivity contribution in [3.05, 3.63) is 17.7 Å². The minimum Gasteiger partial charge on any atom is -0.354 e. The lowest BCUT2D eigenvalue weighted by molar-refractivity contribution is -0.137. The molecule has 0 amide bonds. The van der Waals surface area contributed by atoms with Gasteiger partial charge in [-0.2, -0.15) is 13.2 Å². The number of halogens is 3. The number of nitrogens with two attached hydrogens (primary N) is 1. The largest absolute Gasteiger partial charge is 0.416 e. The summed E-state index contributed by atoms with van der Waals surface area (Å²) >= 11 is 0. The van der Waals surface area contributed by atoms with Crippen LogP contribution in [-0.4, -0.2) is 17.6 Å². The average Bonchev–Trinajstić information content (AvgIpc) is 2.85. The van der Waals surface area contributed by atoms with Gasteiger partial charge in [0.05, 0.1) is 5.56 Å². The van der Waals surface area contributed by atoms with Crippen LogP contribution in [0.5, 0.6) is 0 Å². The van der Waals surface area contributed by atoms with Crippen LogP contribution in [0.1, 0.15) is 31.7 Å². The van der Waals surface area contributed by atoms with Gasteiger partial charge in [-0.25, -0.2) is 10.8 Å². The summed E-state index contributed by atoms with van der Waals surface area (Å²) in [5.74, 6) is 5.57. The topological polar surface area (TPSA) is 54.2 Å². The molecule has 0 bridgehead atoms. The van der Waals surface area contributed by atoms with E-state index in [0.717, 1.165) is 37.9 Å². The monoisotopic (exact) mass is 274 g/mol. The highest BCUT2D eigenvalue weighted by Crippen LogP contribution is 2.34. The second kappa shape index (κ2) is 5.24. The van der Waals surface area contributed by atoms with Crippen molar-refractivity contribution in [3.63, 3.8) is 0 Å². The molecule has 1 saturated heterocycles. The van der Waals surface area contributed by atoms with Gasteiger partial charge < -0.3 is 10.3 Å². The minimum atomic E-state index is -4.40. The normalized spacial score (nSPS) is 19.8. The third-order valence-corrected chi connectivity index (χ3v) is 3.43. The Morgan fingerprint density at radius 1 is 1.47 bits per heavy atom. The van der Waals surface area contributed by atoms with Gasteiger partial charge in [-0.3, -0.25) is 0 Å². The molecule has 1 aliphatic heterocycles. The summed E-state index contributed by atoms with van der Waals surface area (Å²) in [5, 5.41) is 0. The number of nitrogens with zero attached hydrogens (tertiary/aromatic N) is 2. The van der Waals surface area contributed by atoms with Crippen LogP contribution in [0.25, 0.3) is 0 Å². The summed E-state index contributed by atoms with van der Waals surface area (Å²) in [6, 6.07) is 2.26. The van der Waals surface area contributed by atoms with E-state index in [1.807, 2.05) is 11.8 Å². The predicted molar refractivity (Wildman–Crippen MR) is 67.7 cm³/mol. The molecular formula is C12H17F3N4. The van der Waals surface area contributed by atoms with Gasteiger partial charge in [0, 0.05) is 12.6 Å². The van der Waals surface area contributed by atoms with Gasteiger partial charge in [0.2, 0.25) is 0 Å². The van der Waals surface area contributed by atoms with Crippen LogP contribution in [0.15, 0.2) is 12.1 Å². The van der Waals surface area contributed by atoms with Crippen molar-refractivity contribution >= 4 is 11.6 Å². The van der Waals surface area contributed by atoms with E-state index in [9.17, 15) is 13.2 Å². The fraction of sp³-hybridized carbons (Fsp3) is 0.583. The number of nitrogen functional groups attached to an aromatic ring is 1. The molecular weight excluding hydrogens is 257 g/mol. The Balaban J connectivity index is 2.39. The van der Waals surface area contributed by atoms with E-state index in [1.54, 1.807) is 0 Å². The average molecular weight is 274 g/mol. The Morgan fingerprint density at radius 3 is 2.79 bits per heavy atom. The Hall–Kier alpha value is -1.50. The molecule has 1 fully saturated rings. The molecule has 19 heavy (non-hydrogen) atoms. The maximum absolute atomic E-state index is 12.8. The summed E-state index contributed by atoms with van der Waals surface area (Å²) in [7, 11) is 0. The molecule has 3 N–H and O–H groups in total. The van der Waals surface area contributed by atoms with Gasteiger partial charge in [-0.05, 0) is 31.4 Å². The molecule has 1 unspecified atom stereocenters. The molecule has 2 heterocycles. The fourth-order valence-corrected chi connectivity index (χ4v) is 2.46. The molecule has 106 valence electrons. The van der Waals surface area contributed by atoms with Gasteiger partial charge in [-0.15, -0.1) is 0 Å². The van der Waals surface area contributed by atoms with Gasteiger partial charge in [0.15, 0.2) is 0 Å².